The van der Waals surface area contributed by atoms with Gasteiger partial charge in [-0.1, -0.05) is 25.1 Å². The molecule has 1 aromatic heterocycles. The highest BCUT2D eigenvalue weighted by atomic mass is 35.5. The third-order valence-corrected chi connectivity index (χ3v) is 3.13. The van der Waals surface area contributed by atoms with E-state index in [0.29, 0.717) is 11.8 Å². The van der Waals surface area contributed by atoms with Gasteiger partial charge in [0.1, 0.15) is 5.75 Å². The molecule has 2 aromatic rings. The van der Waals surface area contributed by atoms with E-state index in [4.69, 9.17) is 16.3 Å². The maximum Gasteiger partial charge on any atom is 0.219 e. The van der Waals surface area contributed by atoms with E-state index in [-0.39, 0.29) is 0 Å². The van der Waals surface area contributed by atoms with Crippen LogP contribution in [-0.4, -0.2) is 4.98 Å². The molecule has 0 radical (unpaired) electrons. The highest BCUT2D eigenvalue weighted by Crippen LogP contribution is 2.22. The van der Waals surface area contributed by atoms with E-state index in [1.807, 2.05) is 37.3 Å². The SMILES string of the molecule is CCc1cccc(Oc2ccc(CCl)c(C)n2)c1. The van der Waals surface area contributed by atoms with Gasteiger partial charge in [0.05, 0.1) is 0 Å². The molecule has 0 atom stereocenters. The summed E-state index contributed by atoms with van der Waals surface area (Å²) in [6, 6.07) is 11.9. The highest BCUT2D eigenvalue weighted by molar-refractivity contribution is 6.17. The summed E-state index contributed by atoms with van der Waals surface area (Å²) >= 11 is 5.80. The summed E-state index contributed by atoms with van der Waals surface area (Å²) in [6.45, 7) is 4.06. The third kappa shape index (κ3) is 3.02. The molecule has 0 amide bonds. The fraction of sp³-hybridized carbons (Fsp3) is 0.267. The first-order chi connectivity index (χ1) is 8.72. The van der Waals surface area contributed by atoms with Crippen LogP contribution in [0.5, 0.6) is 11.6 Å². The predicted molar refractivity (Wildman–Crippen MR) is 74.4 cm³/mol. The van der Waals surface area contributed by atoms with Crippen LogP contribution in [-0.2, 0) is 12.3 Å². The molecular formula is C15H16ClNO. The van der Waals surface area contributed by atoms with E-state index >= 15 is 0 Å². The zero-order valence-corrected chi connectivity index (χ0v) is 11.4. The number of rotatable bonds is 4. The lowest BCUT2D eigenvalue weighted by Gasteiger charge is -2.08. The molecule has 0 saturated heterocycles. The Labute approximate surface area is 113 Å². The molecule has 0 saturated carbocycles. The number of halogens is 1. The van der Waals surface area contributed by atoms with Crippen molar-refractivity contribution in [2.24, 2.45) is 0 Å². The topological polar surface area (TPSA) is 22.1 Å². The van der Waals surface area contributed by atoms with Crippen molar-refractivity contribution in [2.45, 2.75) is 26.1 Å². The van der Waals surface area contributed by atoms with Crippen molar-refractivity contribution in [3.05, 3.63) is 53.2 Å². The van der Waals surface area contributed by atoms with Gasteiger partial charge in [-0.15, -0.1) is 11.6 Å². The molecule has 0 N–H and O–H groups in total. The number of hydrogen-bond acceptors (Lipinski definition) is 2. The van der Waals surface area contributed by atoms with Gasteiger partial charge in [0, 0.05) is 17.6 Å². The predicted octanol–water partition coefficient (Wildman–Crippen LogP) is 4.48. The second kappa shape index (κ2) is 5.87. The molecule has 1 aromatic carbocycles. The molecular weight excluding hydrogens is 246 g/mol. The molecule has 0 bridgehead atoms. The molecule has 0 spiro atoms. The van der Waals surface area contributed by atoms with Gasteiger partial charge in [0.15, 0.2) is 0 Å². The molecule has 18 heavy (non-hydrogen) atoms. The molecule has 0 aliphatic rings. The smallest absolute Gasteiger partial charge is 0.219 e. The molecule has 94 valence electrons. The molecule has 0 aliphatic heterocycles. The fourth-order valence-corrected chi connectivity index (χ4v) is 2.00. The van der Waals surface area contributed by atoms with Gasteiger partial charge < -0.3 is 4.74 Å². The van der Waals surface area contributed by atoms with Gasteiger partial charge in [0.2, 0.25) is 5.88 Å². The number of nitrogens with zero attached hydrogens (tertiary/aromatic N) is 1. The van der Waals surface area contributed by atoms with Gasteiger partial charge in [-0.05, 0) is 36.6 Å². The first kappa shape index (κ1) is 12.9. The largest absolute Gasteiger partial charge is 0.439 e. The number of pyridine rings is 1. The summed E-state index contributed by atoms with van der Waals surface area (Å²) in [6.07, 6.45) is 0.995. The Hall–Kier alpha value is -1.54. The summed E-state index contributed by atoms with van der Waals surface area (Å²) < 4.78 is 5.75. The Morgan fingerprint density at radius 3 is 2.72 bits per heavy atom. The molecule has 3 heteroatoms. The van der Waals surface area contributed by atoms with Gasteiger partial charge in [0.25, 0.3) is 0 Å². The number of hydrogen-bond donors (Lipinski definition) is 0. The monoisotopic (exact) mass is 261 g/mol. The summed E-state index contributed by atoms with van der Waals surface area (Å²) in [5, 5.41) is 0. The number of ether oxygens (including phenoxy) is 1. The number of aromatic nitrogens is 1. The summed E-state index contributed by atoms with van der Waals surface area (Å²) in [7, 11) is 0. The van der Waals surface area contributed by atoms with Gasteiger partial charge in [-0.25, -0.2) is 4.98 Å². The van der Waals surface area contributed by atoms with E-state index in [9.17, 15) is 0 Å². The Kier molecular flexibility index (Phi) is 4.21. The Bertz CT molecular complexity index is 540. The van der Waals surface area contributed by atoms with Crippen LogP contribution in [0, 0.1) is 6.92 Å². The minimum atomic E-state index is 0.477. The highest BCUT2D eigenvalue weighted by Gasteiger charge is 2.03. The molecule has 1 heterocycles. The van der Waals surface area contributed by atoms with E-state index in [0.717, 1.165) is 23.4 Å². The average Bonchev–Trinajstić information content (AvgIpc) is 2.39. The lowest BCUT2D eigenvalue weighted by Crippen LogP contribution is -1.94. The Morgan fingerprint density at radius 1 is 1.22 bits per heavy atom. The van der Waals surface area contributed by atoms with Crippen molar-refractivity contribution >= 4 is 11.6 Å². The zero-order chi connectivity index (χ0) is 13.0. The van der Waals surface area contributed by atoms with Crippen LogP contribution in [0.15, 0.2) is 36.4 Å². The second-order valence-corrected chi connectivity index (χ2v) is 4.40. The van der Waals surface area contributed by atoms with Gasteiger partial charge in [-0.2, -0.15) is 0 Å². The van der Waals surface area contributed by atoms with Crippen molar-refractivity contribution in [1.82, 2.24) is 4.98 Å². The number of benzene rings is 1. The van der Waals surface area contributed by atoms with E-state index in [1.165, 1.54) is 5.56 Å². The van der Waals surface area contributed by atoms with Crippen molar-refractivity contribution in [3.63, 3.8) is 0 Å². The lowest BCUT2D eigenvalue weighted by molar-refractivity contribution is 0.460. The van der Waals surface area contributed by atoms with E-state index < -0.39 is 0 Å². The van der Waals surface area contributed by atoms with E-state index in [1.54, 1.807) is 0 Å². The standard InChI is InChI=1S/C15H16ClNO/c1-3-12-5-4-6-14(9-12)18-15-8-7-13(10-16)11(2)17-15/h4-9H,3,10H2,1-2H3. The number of aryl methyl sites for hydroxylation is 2. The third-order valence-electron chi connectivity index (χ3n) is 2.84. The first-order valence-corrected chi connectivity index (χ1v) is 6.55. The van der Waals surface area contributed by atoms with Crippen molar-refractivity contribution < 1.29 is 4.74 Å². The van der Waals surface area contributed by atoms with Crippen LogP contribution in [0.2, 0.25) is 0 Å². The van der Waals surface area contributed by atoms with Crippen LogP contribution in [0.1, 0.15) is 23.7 Å². The average molecular weight is 262 g/mol. The van der Waals surface area contributed by atoms with Crippen LogP contribution in [0.4, 0.5) is 0 Å². The summed E-state index contributed by atoms with van der Waals surface area (Å²) in [4.78, 5) is 4.39. The maximum atomic E-state index is 5.80. The molecule has 2 rings (SSSR count). The Morgan fingerprint density at radius 2 is 2.06 bits per heavy atom. The molecule has 0 aliphatic carbocycles. The normalized spacial score (nSPS) is 10.4. The summed E-state index contributed by atoms with van der Waals surface area (Å²) in [5.74, 6) is 1.90. The maximum absolute atomic E-state index is 5.80. The van der Waals surface area contributed by atoms with Crippen LogP contribution < -0.4 is 4.74 Å². The molecule has 2 nitrogen and oxygen atoms in total. The zero-order valence-electron chi connectivity index (χ0n) is 10.6. The van der Waals surface area contributed by atoms with Crippen molar-refractivity contribution in [2.75, 3.05) is 0 Å². The minimum Gasteiger partial charge on any atom is -0.439 e. The first-order valence-electron chi connectivity index (χ1n) is 6.02. The Balaban J connectivity index is 2.20. The van der Waals surface area contributed by atoms with Crippen LogP contribution in [0.3, 0.4) is 0 Å². The minimum absolute atomic E-state index is 0.477. The van der Waals surface area contributed by atoms with Crippen LogP contribution in [0.25, 0.3) is 0 Å². The quantitative estimate of drug-likeness (QED) is 0.757. The van der Waals surface area contributed by atoms with Crippen LogP contribution >= 0.6 is 11.6 Å². The van der Waals surface area contributed by atoms with Gasteiger partial charge in [-0.3, -0.25) is 0 Å². The lowest BCUT2D eigenvalue weighted by atomic mass is 10.2. The van der Waals surface area contributed by atoms with E-state index in [2.05, 4.69) is 18.0 Å². The van der Waals surface area contributed by atoms with Crippen molar-refractivity contribution in [3.8, 4) is 11.6 Å². The fourth-order valence-electron chi connectivity index (χ4n) is 1.71. The summed E-state index contributed by atoms with van der Waals surface area (Å²) in [5.41, 5.74) is 3.20. The van der Waals surface area contributed by atoms with Gasteiger partial charge >= 0.3 is 0 Å². The van der Waals surface area contributed by atoms with Crippen molar-refractivity contribution in [1.29, 1.82) is 0 Å². The molecule has 0 unspecified atom stereocenters. The second-order valence-electron chi connectivity index (χ2n) is 4.13. The number of alkyl halides is 1. The molecule has 0 fully saturated rings.